The van der Waals surface area contributed by atoms with E-state index in [2.05, 4.69) is 20.3 Å². The summed E-state index contributed by atoms with van der Waals surface area (Å²) in [5.41, 5.74) is 1.17. The highest BCUT2D eigenvalue weighted by Crippen LogP contribution is 2.33. The predicted octanol–water partition coefficient (Wildman–Crippen LogP) is 4.79. The Hall–Kier alpha value is -4.41. The highest BCUT2D eigenvalue weighted by molar-refractivity contribution is 5.90. The Morgan fingerprint density at radius 1 is 1.10 bits per heavy atom. The zero-order valence-electron chi connectivity index (χ0n) is 21.8. The van der Waals surface area contributed by atoms with Crippen molar-refractivity contribution >= 4 is 22.9 Å². The van der Waals surface area contributed by atoms with Crippen LogP contribution >= 0.6 is 0 Å². The number of carboxylic acid groups (broad SMARTS) is 1. The first-order valence-electron chi connectivity index (χ1n) is 12.7. The van der Waals surface area contributed by atoms with E-state index in [9.17, 15) is 14.0 Å². The van der Waals surface area contributed by atoms with Gasteiger partial charge in [-0.05, 0) is 55.5 Å². The molecule has 9 nitrogen and oxygen atoms in total. The molecule has 1 fully saturated rings. The average molecular weight is 535 g/mol. The Labute approximate surface area is 223 Å². The van der Waals surface area contributed by atoms with E-state index >= 15 is 4.39 Å². The van der Waals surface area contributed by atoms with E-state index in [0.717, 1.165) is 5.56 Å². The second kappa shape index (κ2) is 10.4. The molecule has 202 valence electrons. The van der Waals surface area contributed by atoms with Crippen molar-refractivity contribution in [1.82, 2.24) is 24.8 Å². The maximum absolute atomic E-state index is 15.6. The number of nitrogens with zero attached hydrogens (tertiary/aromatic N) is 5. The summed E-state index contributed by atoms with van der Waals surface area (Å²) >= 11 is 0. The maximum Gasteiger partial charge on any atom is 0.404 e. The van der Waals surface area contributed by atoms with E-state index in [0.29, 0.717) is 37.3 Å². The predicted molar refractivity (Wildman–Crippen MR) is 144 cm³/mol. The molecule has 0 atom stereocenters. The van der Waals surface area contributed by atoms with Gasteiger partial charge in [0.15, 0.2) is 5.65 Å². The fourth-order valence-corrected chi connectivity index (χ4v) is 5.09. The van der Waals surface area contributed by atoms with Gasteiger partial charge in [0.1, 0.15) is 23.1 Å². The Kier molecular flexibility index (Phi) is 6.98. The normalized spacial score (nSPS) is 14.3. The minimum atomic E-state index is -1.10. The summed E-state index contributed by atoms with van der Waals surface area (Å²) < 4.78 is 31.7. The van der Waals surface area contributed by atoms with Crippen molar-refractivity contribution in [2.24, 2.45) is 0 Å². The molecular formula is C28H28F2N6O3. The number of hydrogen-bond donors (Lipinski definition) is 2. The van der Waals surface area contributed by atoms with E-state index in [1.807, 2.05) is 25.7 Å². The summed E-state index contributed by atoms with van der Waals surface area (Å²) in [6.07, 6.45) is 1.54. The Morgan fingerprint density at radius 3 is 2.49 bits per heavy atom. The lowest BCUT2D eigenvalue weighted by Gasteiger charge is -2.33. The fourth-order valence-electron chi connectivity index (χ4n) is 5.09. The van der Waals surface area contributed by atoms with Gasteiger partial charge in [0, 0.05) is 30.9 Å². The number of benzene rings is 1. The van der Waals surface area contributed by atoms with Crippen molar-refractivity contribution in [1.29, 1.82) is 0 Å². The highest BCUT2D eigenvalue weighted by Gasteiger charge is 2.27. The van der Waals surface area contributed by atoms with E-state index in [4.69, 9.17) is 5.11 Å². The molecule has 0 spiro atoms. The number of rotatable bonds is 5. The van der Waals surface area contributed by atoms with E-state index < -0.39 is 23.4 Å². The first-order chi connectivity index (χ1) is 18.7. The maximum atomic E-state index is 15.6. The molecule has 4 aromatic rings. The molecule has 11 heteroatoms. The molecular weight excluding hydrogens is 506 g/mol. The minimum absolute atomic E-state index is 0.0261. The van der Waals surface area contributed by atoms with Crippen LogP contribution in [0, 0.1) is 18.6 Å². The number of piperidine rings is 1. The van der Waals surface area contributed by atoms with Crippen molar-refractivity contribution in [3.05, 3.63) is 76.0 Å². The zero-order chi connectivity index (χ0) is 27.8. The first kappa shape index (κ1) is 26.2. The summed E-state index contributed by atoms with van der Waals surface area (Å²) in [5.74, 6) is -1.19. The molecule has 1 saturated heterocycles. The molecule has 1 aliphatic rings. The lowest BCUT2D eigenvalue weighted by atomic mass is 10.0. The van der Waals surface area contributed by atoms with Gasteiger partial charge in [0.05, 0.1) is 16.8 Å². The van der Waals surface area contributed by atoms with Crippen LogP contribution in [0.1, 0.15) is 43.9 Å². The van der Waals surface area contributed by atoms with Gasteiger partial charge >= 0.3 is 11.8 Å². The number of halogens is 2. The first-order valence-corrected chi connectivity index (χ1v) is 12.7. The second-order valence-electron chi connectivity index (χ2n) is 9.95. The molecule has 39 heavy (non-hydrogen) atoms. The Bertz CT molecular complexity index is 1630. The number of pyridine rings is 2. The van der Waals surface area contributed by atoms with Crippen LogP contribution in [0.2, 0.25) is 0 Å². The summed E-state index contributed by atoms with van der Waals surface area (Å²) in [6.45, 7) is 6.55. The molecule has 3 aromatic heterocycles. The van der Waals surface area contributed by atoms with E-state index in [-0.39, 0.29) is 40.1 Å². The van der Waals surface area contributed by atoms with E-state index in [1.54, 1.807) is 18.3 Å². The Morgan fingerprint density at radius 2 is 1.82 bits per heavy atom. The molecule has 2 N–H and O–H groups in total. The number of fused-ring (bicyclic) bond motifs is 1. The largest absolute Gasteiger partial charge is 0.465 e. The number of aryl methyl sites for hydroxylation is 1. The number of anilines is 1. The molecule has 0 radical (unpaired) electrons. The lowest BCUT2D eigenvalue weighted by molar-refractivity contribution is 0.187. The van der Waals surface area contributed by atoms with Gasteiger partial charge < -0.3 is 15.3 Å². The molecule has 0 aliphatic carbocycles. The monoisotopic (exact) mass is 534 g/mol. The molecule has 4 heterocycles. The zero-order valence-corrected chi connectivity index (χ0v) is 21.8. The minimum Gasteiger partial charge on any atom is -0.465 e. The van der Waals surface area contributed by atoms with Crippen LogP contribution < -0.4 is 15.9 Å². The molecule has 0 unspecified atom stereocenters. The molecule has 1 amide bonds. The number of amides is 1. The van der Waals surface area contributed by atoms with Crippen molar-refractivity contribution in [3.63, 3.8) is 0 Å². The van der Waals surface area contributed by atoms with Gasteiger partial charge in [-0.25, -0.2) is 27.9 Å². The molecule has 1 aromatic carbocycles. The topological polar surface area (TPSA) is 113 Å². The summed E-state index contributed by atoms with van der Waals surface area (Å²) in [7, 11) is 0. The summed E-state index contributed by atoms with van der Waals surface area (Å²) in [5, 5.41) is 11.8. The van der Waals surface area contributed by atoms with Crippen LogP contribution in [-0.4, -0.2) is 49.9 Å². The van der Waals surface area contributed by atoms with Crippen LogP contribution in [0.15, 0.2) is 47.4 Å². The van der Waals surface area contributed by atoms with Gasteiger partial charge in [0.2, 0.25) is 0 Å². The SMILES string of the molecule is Cc1ccnc(C(C)C)c1-n1c(=O)nc(N2CCC(NC(=O)O)CC2)c2cc(F)c(-c3ccccc3F)nc21. The standard InChI is InChI=1S/C28H28F2N6O3/c1-15(2)22-24(16(3)8-11-31-22)36-26-19(14-21(30)23(33-26)18-6-4-5-7-20(18)29)25(34-27(36)37)35-12-9-17(10-13-35)32-28(38)39/h4-8,11,14-15,17,32H,9-10,12-13H2,1-3H3,(H,38,39). The molecule has 0 saturated carbocycles. The smallest absolute Gasteiger partial charge is 0.404 e. The van der Waals surface area contributed by atoms with Gasteiger partial charge in [-0.2, -0.15) is 4.98 Å². The van der Waals surface area contributed by atoms with Crippen molar-refractivity contribution in [2.75, 3.05) is 18.0 Å². The third-order valence-electron chi connectivity index (χ3n) is 6.98. The third-order valence-corrected chi connectivity index (χ3v) is 6.98. The third kappa shape index (κ3) is 4.91. The summed E-state index contributed by atoms with van der Waals surface area (Å²) in [4.78, 5) is 40.1. The van der Waals surface area contributed by atoms with Gasteiger partial charge in [0.25, 0.3) is 0 Å². The molecule has 0 bridgehead atoms. The van der Waals surface area contributed by atoms with Crippen LogP contribution in [0.5, 0.6) is 0 Å². The number of hydrogen-bond acceptors (Lipinski definition) is 6. The van der Waals surface area contributed by atoms with Crippen molar-refractivity contribution < 1.29 is 18.7 Å². The van der Waals surface area contributed by atoms with Crippen LogP contribution in [-0.2, 0) is 0 Å². The van der Waals surface area contributed by atoms with Gasteiger partial charge in [-0.3, -0.25) is 4.98 Å². The lowest BCUT2D eigenvalue weighted by Crippen LogP contribution is -2.45. The number of carbonyl (C=O) groups is 1. The average Bonchev–Trinajstić information content (AvgIpc) is 2.89. The molecule has 1 aliphatic heterocycles. The number of nitrogens with one attached hydrogen (secondary N) is 1. The molecule has 5 rings (SSSR count). The van der Waals surface area contributed by atoms with Crippen LogP contribution in [0.25, 0.3) is 28.0 Å². The number of aromatic nitrogens is 4. The van der Waals surface area contributed by atoms with E-state index in [1.165, 1.54) is 28.8 Å². The van der Waals surface area contributed by atoms with Crippen LogP contribution in [0.4, 0.5) is 19.4 Å². The van der Waals surface area contributed by atoms with Gasteiger partial charge in [-0.15, -0.1) is 0 Å². The van der Waals surface area contributed by atoms with Crippen LogP contribution in [0.3, 0.4) is 0 Å². The summed E-state index contributed by atoms with van der Waals surface area (Å²) in [6, 6.07) is 8.54. The Balaban J connectivity index is 1.77. The fraction of sp³-hybridized carbons (Fsp3) is 0.321. The van der Waals surface area contributed by atoms with Crippen molar-refractivity contribution in [2.45, 2.75) is 45.6 Å². The van der Waals surface area contributed by atoms with Crippen molar-refractivity contribution in [3.8, 4) is 16.9 Å². The van der Waals surface area contributed by atoms with Gasteiger partial charge in [-0.1, -0.05) is 26.0 Å². The highest BCUT2D eigenvalue weighted by atomic mass is 19.1. The second-order valence-corrected chi connectivity index (χ2v) is 9.95. The quantitative estimate of drug-likeness (QED) is 0.379.